The molecule has 0 heterocycles. The molecule has 2 N–H and O–H groups in total. The third kappa shape index (κ3) is 7.02. The number of ether oxygens (including phenoxy) is 1. The van der Waals surface area contributed by atoms with Crippen molar-refractivity contribution in [3.63, 3.8) is 0 Å². The Labute approximate surface area is 117 Å². The van der Waals surface area contributed by atoms with Gasteiger partial charge in [-0.05, 0) is 49.6 Å². The summed E-state index contributed by atoms with van der Waals surface area (Å²) < 4.78 is 5.28. The quantitative estimate of drug-likeness (QED) is 0.574. The van der Waals surface area contributed by atoms with Crippen molar-refractivity contribution in [1.82, 2.24) is 0 Å². The van der Waals surface area contributed by atoms with Crippen LogP contribution >= 0.6 is 12.4 Å². The Morgan fingerprint density at radius 3 is 2.72 bits per heavy atom. The standard InChI is InChI=1S/C14H25NO2.ClH/c1-11(2)7-13(9-15)8-14(16)17-10-12-5-3-4-6-12;/h5,11,13H,3-4,6-10,15H2,1-2H3;1H/t13-;/m0./s1. The van der Waals surface area contributed by atoms with Gasteiger partial charge in [-0.15, -0.1) is 12.4 Å². The highest BCUT2D eigenvalue weighted by molar-refractivity contribution is 5.85. The minimum atomic E-state index is -0.103. The van der Waals surface area contributed by atoms with Gasteiger partial charge < -0.3 is 10.5 Å². The average molecular weight is 276 g/mol. The summed E-state index contributed by atoms with van der Waals surface area (Å²) >= 11 is 0. The van der Waals surface area contributed by atoms with Gasteiger partial charge in [-0.3, -0.25) is 4.79 Å². The van der Waals surface area contributed by atoms with E-state index in [0.717, 1.165) is 19.3 Å². The average Bonchev–Trinajstić information content (AvgIpc) is 2.77. The molecule has 0 spiro atoms. The molecule has 0 aliphatic heterocycles. The lowest BCUT2D eigenvalue weighted by Crippen LogP contribution is -2.21. The maximum Gasteiger partial charge on any atom is 0.306 e. The molecule has 0 amide bonds. The zero-order valence-electron chi connectivity index (χ0n) is 11.5. The van der Waals surface area contributed by atoms with Crippen LogP contribution in [-0.2, 0) is 9.53 Å². The first-order valence-corrected chi connectivity index (χ1v) is 6.65. The Hall–Kier alpha value is -0.540. The summed E-state index contributed by atoms with van der Waals surface area (Å²) in [5.74, 6) is 0.739. The third-order valence-corrected chi connectivity index (χ3v) is 3.15. The Kier molecular flexibility index (Phi) is 9.12. The van der Waals surface area contributed by atoms with Crippen LogP contribution in [-0.4, -0.2) is 19.1 Å². The number of esters is 1. The molecule has 1 aliphatic carbocycles. The summed E-state index contributed by atoms with van der Waals surface area (Å²) in [5, 5.41) is 0. The van der Waals surface area contributed by atoms with Gasteiger partial charge in [0.2, 0.25) is 0 Å². The van der Waals surface area contributed by atoms with Gasteiger partial charge in [0.15, 0.2) is 0 Å². The Bertz CT molecular complexity index is 277. The fourth-order valence-corrected chi connectivity index (χ4v) is 2.27. The minimum absolute atomic E-state index is 0. The zero-order valence-corrected chi connectivity index (χ0v) is 12.3. The highest BCUT2D eigenvalue weighted by Crippen LogP contribution is 2.19. The lowest BCUT2D eigenvalue weighted by atomic mass is 9.94. The first kappa shape index (κ1) is 17.5. The molecule has 1 rings (SSSR count). The molecule has 1 aliphatic rings. The van der Waals surface area contributed by atoms with Gasteiger partial charge in [0, 0.05) is 6.42 Å². The first-order valence-electron chi connectivity index (χ1n) is 6.65. The number of hydrogen-bond acceptors (Lipinski definition) is 3. The fourth-order valence-electron chi connectivity index (χ4n) is 2.27. The van der Waals surface area contributed by atoms with E-state index in [1.807, 2.05) is 0 Å². The normalized spacial score (nSPS) is 16.1. The molecule has 0 aromatic carbocycles. The van der Waals surface area contributed by atoms with E-state index >= 15 is 0 Å². The summed E-state index contributed by atoms with van der Waals surface area (Å²) in [7, 11) is 0. The van der Waals surface area contributed by atoms with Crippen LogP contribution in [0.4, 0.5) is 0 Å². The van der Waals surface area contributed by atoms with Crippen molar-refractivity contribution >= 4 is 18.4 Å². The van der Waals surface area contributed by atoms with Crippen molar-refractivity contribution in [2.24, 2.45) is 17.6 Å². The zero-order chi connectivity index (χ0) is 12.7. The largest absolute Gasteiger partial charge is 0.461 e. The van der Waals surface area contributed by atoms with Gasteiger partial charge in [-0.1, -0.05) is 19.9 Å². The van der Waals surface area contributed by atoms with Gasteiger partial charge in [0.1, 0.15) is 6.61 Å². The molecule has 1 atom stereocenters. The molecule has 4 heteroatoms. The van der Waals surface area contributed by atoms with Crippen LogP contribution in [0.1, 0.15) is 46.0 Å². The number of hydrogen-bond donors (Lipinski definition) is 1. The molecule has 0 saturated carbocycles. The number of halogens is 1. The molecular formula is C14H26ClNO2. The second-order valence-corrected chi connectivity index (χ2v) is 5.35. The SMILES string of the molecule is CC(C)C[C@H](CN)CC(=O)OCC1=CCCC1.Cl. The van der Waals surface area contributed by atoms with Crippen LogP contribution in [0.15, 0.2) is 11.6 Å². The van der Waals surface area contributed by atoms with E-state index in [1.165, 1.54) is 12.0 Å². The summed E-state index contributed by atoms with van der Waals surface area (Å²) in [6, 6.07) is 0. The predicted octanol–water partition coefficient (Wildman–Crippen LogP) is 3.07. The number of rotatable bonds is 7. The van der Waals surface area contributed by atoms with E-state index in [0.29, 0.717) is 25.5 Å². The van der Waals surface area contributed by atoms with Crippen molar-refractivity contribution in [2.45, 2.75) is 46.0 Å². The van der Waals surface area contributed by atoms with E-state index in [2.05, 4.69) is 19.9 Å². The van der Waals surface area contributed by atoms with Crippen LogP contribution in [0, 0.1) is 11.8 Å². The topological polar surface area (TPSA) is 52.3 Å². The van der Waals surface area contributed by atoms with Crippen molar-refractivity contribution in [1.29, 1.82) is 0 Å². The van der Waals surface area contributed by atoms with Crippen molar-refractivity contribution in [3.8, 4) is 0 Å². The second kappa shape index (κ2) is 9.40. The van der Waals surface area contributed by atoms with E-state index in [-0.39, 0.29) is 24.3 Å². The molecule has 0 radical (unpaired) electrons. The van der Waals surface area contributed by atoms with Crippen LogP contribution < -0.4 is 5.73 Å². The Balaban J connectivity index is 0.00000289. The highest BCUT2D eigenvalue weighted by atomic mass is 35.5. The molecule has 0 bridgehead atoms. The van der Waals surface area contributed by atoms with E-state index in [9.17, 15) is 4.79 Å². The van der Waals surface area contributed by atoms with Gasteiger partial charge in [-0.25, -0.2) is 0 Å². The van der Waals surface area contributed by atoms with Crippen molar-refractivity contribution < 1.29 is 9.53 Å². The Morgan fingerprint density at radius 1 is 1.50 bits per heavy atom. The smallest absolute Gasteiger partial charge is 0.306 e. The molecule has 3 nitrogen and oxygen atoms in total. The monoisotopic (exact) mass is 275 g/mol. The van der Waals surface area contributed by atoms with Crippen LogP contribution in [0.2, 0.25) is 0 Å². The molecule has 106 valence electrons. The molecular weight excluding hydrogens is 250 g/mol. The molecule has 18 heavy (non-hydrogen) atoms. The second-order valence-electron chi connectivity index (χ2n) is 5.35. The summed E-state index contributed by atoms with van der Waals surface area (Å²) in [5.41, 5.74) is 6.94. The molecule has 0 fully saturated rings. The maximum atomic E-state index is 11.6. The molecule has 0 unspecified atom stereocenters. The van der Waals surface area contributed by atoms with Crippen LogP contribution in [0.25, 0.3) is 0 Å². The van der Waals surface area contributed by atoms with Gasteiger partial charge in [0.05, 0.1) is 0 Å². The molecule has 0 saturated heterocycles. The summed E-state index contributed by atoms with van der Waals surface area (Å²) in [6.07, 6.45) is 7.05. The number of allylic oxidation sites excluding steroid dienone is 1. The fraction of sp³-hybridized carbons (Fsp3) is 0.786. The lowest BCUT2D eigenvalue weighted by molar-refractivity contribution is -0.143. The van der Waals surface area contributed by atoms with Gasteiger partial charge in [0.25, 0.3) is 0 Å². The van der Waals surface area contributed by atoms with Crippen LogP contribution in [0.5, 0.6) is 0 Å². The van der Waals surface area contributed by atoms with Crippen LogP contribution in [0.3, 0.4) is 0 Å². The number of nitrogens with two attached hydrogens (primary N) is 1. The van der Waals surface area contributed by atoms with Gasteiger partial charge in [-0.2, -0.15) is 0 Å². The van der Waals surface area contributed by atoms with E-state index < -0.39 is 0 Å². The molecule has 0 aromatic rings. The van der Waals surface area contributed by atoms with Gasteiger partial charge >= 0.3 is 5.97 Å². The molecule has 0 aromatic heterocycles. The first-order chi connectivity index (χ1) is 8.11. The van der Waals surface area contributed by atoms with E-state index in [1.54, 1.807) is 0 Å². The maximum absolute atomic E-state index is 11.6. The van der Waals surface area contributed by atoms with Crippen molar-refractivity contribution in [2.75, 3.05) is 13.2 Å². The summed E-state index contributed by atoms with van der Waals surface area (Å²) in [4.78, 5) is 11.6. The third-order valence-electron chi connectivity index (χ3n) is 3.15. The summed E-state index contributed by atoms with van der Waals surface area (Å²) in [6.45, 7) is 5.35. The lowest BCUT2D eigenvalue weighted by Gasteiger charge is -2.16. The highest BCUT2D eigenvalue weighted by Gasteiger charge is 2.15. The van der Waals surface area contributed by atoms with E-state index in [4.69, 9.17) is 10.5 Å². The van der Waals surface area contributed by atoms with Crippen molar-refractivity contribution in [3.05, 3.63) is 11.6 Å². The number of carbonyl (C=O) groups is 1. The minimum Gasteiger partial charge on any atom is -0.461 e. The Morgan fingerprint density at radius 2 is 2.22 bits per heavy atom. The number of carbonyl (C=O) groups excluding carboxylic acids is 1. The predicted molar refractivity (Wildman–Crippen MR) is 76.8 cm³/mol.